The second-order valence-electron chi connectivity index (χ2n) is 6.50. The van der Waals surface area contributed by atoms with E-state index in [1.807, 2.05) is 6.07 Å². The standard InChI is InChI=1S/C17H22N2/c1-12(2)13(3)17(7-8-17)11-14-4-5-15-6-9-18-19-16(15)10-14/h4-6,9-10,12-13H,7-8,11H2,1-3H3. The predicted molar refractivity (Wildman–Crippen MR) is 78.9 cm³/mol. The lowest BCUT2D eigenvalue weighted by Crippen LogP contribution is -2.20. The third-order valence-corrected chi connectivity index (χ3v) is 5.00. The molecule has 0 bridgehead atoms. The molecule has 0 aliphatic heterocycles. The van der Waals surface area contributed by atoms with Crippen LogP contribution in [0.5, 0.6) is 0 Å². The second-order valence-corrected chi connectivity index (χ2v) is 6.50. The fourth-order valence-corrected chi connectivity index (χ4v) is 3.20. The van der Waals surface area contributed by atoms with Crippen LogP contribution < -0.4 is 0 Å². The van der Waals surface area contributed by atoms with Gasteiger partial charge in [-0.15, -0.1) is 0 Å². The van der Waals surface area contributed by atoms with E-state index in [0.717, 1.165) is 17.4 Å². The van der Waals surface area contributed by atoms with Crippen LogP contribution in [0.3, 0.4) is 0 Å². The number of hydrogen-bond donors (Lipinski definition) is 0. The molecule has 1 fully saturated rings. The van der Waals surface area contributed by atoms with Crippen LogP contribution in [0.1, 0.15) is 39.2 Å². The number of nitrogens with zero attached hydrogens (tertiary/aromatic N) is 2. The Bertz CT molecular complexity index is 585. The van der Waals surface area contributed by atoms with Crippen molar-refractivity contribution < 1.29 is 0 Å². The zero-order chi connectivity index (χ0) is 13.5. The van der Waals surface area contributed by atoms with Crippen LogP contribution in [0.15, 0.2) is 30.5 Å². The smallest absolute Gasteiger partial charge is 0.0932 e. The first kappa shape index (κ1) is 12.6. The molecule has 1 aliphatic carbocycles. The minimum Gasteiger partial charge on any atom is -0.159 e. The van der Waals surface area contributed by atoms with Crippen LogP contribution >= 0.6 is 0 Å². The maximum absolute atomic E-state index is 4.22. The molecule has 1 heterocycles. The van der Waals surface area contributed by atoms with Gasteiger partial charge in [0, 0.05) is 5.39 Å². The van der Waals surface area contributed by atoms with Crippen molar-refractivity contribution >= 4 is 10.9 Å². The molecular weight excluding hydrogens is 232 g/mol. The lowest BCUT2D eigenvalue weighted by molar-refractivity contribution is 0.252. The molecule has 1 aromatic heterocycles. The number of aromatic nitrogens is 2. The lowest BCUT2D eigenvalue weighted by Gasteiger charge is -2.27. The normalized spacial score (nSPS) is 18.7. The van der Waals surface area contributed by atoms with Gasteiger partial charge in [0.25, 0.3) is 0 Å². The van der Waals surface area contributed by atoms with E-state index >= 15 is 0 Å². The van der Waals surface area contributed by atoms with E-state index in [-0.39, 0.29) is 0 Å². The Balaban J connectivity index is 1.86. The Morgan fingerprint density at radius 2 is 1.95 bits per heavy atom. The lowest BCUT2D eigenvalue weighted by atomic mass is 9.78. The molecule has 0 saturated heterocycles. The maximum Gasteiger partial charge on any atom is 0.0932 e. The fourth-order valence-electron chi connectivity index (χ4n) is 3.20. The van der Waals surface area contributed by atoms with Gasteiger partial charge in [-0.25, -0.2) is 0 Å². The Morgan fingerprint density at radius 1 is 1.16 bits per heavy atom. The minimum absolute atomic E-state index is 0.546. The number of hydrogen-bond acceptors (Lipinski definition) is 2. The summed E-state index contributed by atoms with van der Waals surface area (Å²) in [6, 6.07) is 8.68. The summed E-state index contributed by atoms with van der Waals surface area (Å²) in [5.74, 6) is 1.56. The summed E-state index contributed by atoms with van der Waals surface area (Å²) >= 11 is 0. The quantitative estimate of drug-likeness (QED) is 0.815. The van der Waals surface area contributed by atoms with Crippen molar-refractivity contribution in [3.63, 3.8) is 0 Å². The Kier molecular flexibility index (Phi) is 3.04. The van der Waals surface area contributed by atoms with E-state index in [4.69, 9.17) is 0 Å². The summed E-state index contributed by atoms with van der Waals surface area (Å²) in [6.07, 6.45) is 5.71. The summed E-state index contributed by atoms with van der Waals surface area (Å²) < 4.78 is 0. The van der Waals surface area contributed by atoms with Gasteiger partial charge in [-0.1, -0.05) is 32.9 Å². The van der Waals surface area contributed by atoms with Crippen LogP contribution in [0, 0.1) is 17.3 Å². The van der Waals surface area contributed by atoms with E-state index in [2.05, 4.69) is 49.2 Å². The summed E-state index contributed by atoms with van der Waals surface area (Å²) in [4.78, 5) is 0. The van der Waals surface area contributed by atoms with Crippen molar-refractivity contribution in [2.45, 2.75) is 40.0 Å². The minimum atomic E-state index is 0.546. The van der Waals surface area contributed by atoms with E-state index in [9.17, 15) is 0 Å². The zero-order valence-corrected chi connectivity index (χ0v) is 12.1. The van der Waals surface area contributed by atoms with Crippen LogP contribution in [0.4, 0.5) is 0 Å². The molecule has 1 saturated carbocycles. The molecule has 100 valence electrons. The Labute approximate surface area is 115 Å². The molecule has 1 aromatic carbocycles. The van der Waals surface area contributed by atoms with Crippen molar-refractivity contribution in [2.24, 2.45) is 17.3 Å². The molecule has 2 nitrogen and oxygen atoms in total. The first-order valence-electron chi connectivity index (χ1n) is 7.31. The van der Waals surface area contributed by atoms with E-state index in [1.165, 1.54) is 30.2 Å². The molecule has 19 heavy (non-hydrogen) atoms. The first-order chi connectivity index (χ1) is 9.11. The van der Waals surface area contributed by atoms with Gasteiger partial charge < -0.3 is 0 Å². The maximum atomic E-state index is 4.22. The van der Waals surface area contributed by atoms with E-state index < -0.39 is 0 Å². The molecule has 2 aromatic rings. The van der Waals surface area contributed by atoms with Gasteiger partial charge in [-0.2, -0.15) is 10.2 Å². The Hall–Kier alpha value is -1.44. The van der Waals surface area contributed by atoms with Gasteiger partial charge in [-0.05, 0) is 54.2 Å². The van der Waals surface area contributed by atoms with E-state index in [0.29, 0.717) is 5.41 Å². The highest BCUT2D eigenvalue weighted by atomic mass is 15.1. The molecule has 1 atom stereocenters. The van der Waals surface area contributed by atoms with Gasteiger partial charge in [0.2, 0.25) is 0 Å². The molecule has 0 radical (unpaired) electrons. The molecule has 0 amide bonds. The largest absolute Gasteiger partial charge is 0.159 e. The summed E-state index contributed by atoms with van der Waals surface area (Å²) in [5.41, 5.74) is 2.98. The van der Waals surface area contributed by atoms with Gasteiger partial charge in [-0.3, -0.25) is 0 Å². The van der Waals surface area contributed by atoms with Gasteiger partial charge in [0.05, 0.1) is 11.7 Å². The van der Waals surface area contributed by atoms with Crippen molar-refractivity contribution in [1.29, 1.82) is 0 Å². The van der Waals surface area contributed by atoms with Crippen molar-refractivity contribution in [1.82, 2.24) is 10.2 Å². The second kappa shape index (κ2) is 4.59. The summed E-state index contributed by atoms with van der Waals surface area (Å²) in [6.45, 7) is 7.10. The topological polar surface area (TPSA) is 25.8 Å². The first-order valence-corrected chi connectivity index (χ1v) is 7.31. The molecule has 0 N–H and O–H groups in total. The van der Waals surface area contributed by atoms with Gasteiger partial charge in [0.15, 0.2) is 0 Å². The molecule has 3 rings (SSSR count). The highest BCUT2D eigenvalue weighted by Crippen LogP contribution is 2.56. The number of fused-ring (bicyclic) bond motifs is 1. The summed E-state index contributed by atoms with van der Waals surface area (Å²) in [5, 5.41) is 9.38. The molecule has 2 heteroatoms. The van der Waals surface area contributed by atoms with Crippen LogP contribution in [-0.2, 0) is 6.42 Å². The molecule has 1 aliphatic rings. The van der Waals surface area contributed by atoms with E-state index in [1.54, 1.807) is 6.20 Å². The van der Waals surface area contributed by atoms with Crippen molar-refractivity contribution in [2.75, 3.05) is 0 Å². The molecule has 1 unspecified atom stereocenters. The highest BCUT2D eigenvalue weighted by Gasteiger charge is 2.47. The molecule has 0 spiro atoms. The summed E-state index contributed by atoms with van der Waals surface area (Å²) in [7, 11) is 0. The van der Waals surface area contributed by atoms with Crippen molar-refractivity contribution in [3.05, 3.63) is 36.0 Å². The SMILES string of the molecule is CC(C)C(C)C1(Cc2ccc3ccnnc3c2)CC1. The highest BCUT2D eigenvalue weighted by molar-refractivity contribution is 5.78. The number of benzene rings is 1. The third kappa shape index (κ3) is 2.36. The molecular formula is C17H22N2. The Morgan fingerprint density at radius 3 is 2.63 bits per heavy atom. The van der Waals surface area contributed by atoms with Crippen molar-refractivity contribution in [3.8, 4) is 0 Å². The van der Waals surface area contributed by atoms with Gasteiger partial charge in [0.1, 0.15) is 0 Å². The fraction of sp³-hybridized carbons (Fsp3) is 0.529. The van der Waals surface area contributed by atoms with Crippen LogP contribution in [0.25, 0.3) is 10.9 Å². The predicted octanol–water partition coefficient (Wildman–Crippen LogP) is 4.24. The van der Waals surface area contributed by atoms with Crippen LogP contribution in [0.2, 0.25) is 0 Å². The average molecular weight is 254 g/mol. The average Bonchev–Trinajstić information content (AvgIpc) is 3.18. The monoisotopic (exact) mass is 254 g/mol. The number of rotatable bonds is 4. The van der Waals surface area contributed by atoms with Gasteiger partial charge >= 0.3 is 0 Å². The van der Waals surface area contributed by atoms with Crippen LogP contribution in [-0.4, -0.2) is 10.2 Å². The third-order valence-electron chi connectivity index (χ3n) is 5.00. The zero-order valence-electron chi connectivity index (χ0n) is 12.1.